The topological polar surface area (TPSA) is 272 Å². The molecule has 9 N–H and O–H groups in total. The zero-order valence-electron chi connectivity index (χ0n) is 35.4. The lowest BCUT2D eigenvalue weighted by atomic mass is 9.69. The molecule has 1 aliphatic heterocycles. The Morgan fingerprint density at radius 2 is 1.40 bits per heavy atom. The molecule has 18 heteroatoms. The molecule has 0 spiro atoms. The lowest BCUT2D eigenvalue weighted by Crippen LogP contribution is -2.36. The number of H-pyrrole nitrogens is 2. The molecule has 0 bridgehead atoms. The monoisotopic (exact) mass is 829 g/mol. The average molecular weight is 830 g/mol. The maximum Gasteiger partial charge on any atom is 0.413 e. The molecule has 1 saturated carbocycles. The second kappa shape index (κ2) is 21.7. The molecule has 4 aromatic rings. The number of anilines is 4. The molecule has 324 valence electrons. The smallest absolute Gasteiger partial charge is 0.413 e. The number of ketones is 1. The number of ether oxygens (including phenoxy) is 1. The summed E-state index contributed by atoms with van der Waals surface area (Å²) >= 11 is 0. The molecule has 6 rings (SSSR count). The quantitative estimate of drug-likeness (QED) is 0.0846. The van der Waals surface area contributed by atoms with E-state index in [0.717, 1.165) is 49.3 Å². The van der Waals surface area contributed by atoms with Crippen molar-refractivity contribution in [3.63, 3.8) is 0 Å². The van der Waals surface area contributed by atoms with E-state index in [9.17, 15) is 24.0 Å². The summed E-state index contributed by atoms with van der Waals surface area (Å²) in [6, 6.07) is 3.73. The summed E-state index contributed by atoms with van der Waals surface area (Å²) in [6.07, 6.45) is 17.1. The first-order chi connectivity index (χ1) is 28.5. The fraction of sp³-hybridized carbons (Fsp3) is 0.500. The van der Waals surface area contributed by atoms with Gasteiger partial charge < -0.3 is 31.5 Å². The van der Waals surface area contributed by atoms with E-state index >= 15 is 0 Å². The van der Waals surface area contributed by atoms with Gasteiger partial charge in [-0.1, -0.05) is 26.7 Å². The van der Waals surface area contributed by atoms with Crippen molar-refractivity contribution < 1.29 is 33.8 Å². The fourth-order valence-corrected chi connectivity index (χ4v) is 7.15. The van der Waals surface area contributed by atoms with Gasteiger partial charge in [-0.3, -0.25) is 29.9 Å². The van der Waals surface area contributed by atoms with E-state index in [1.54, 1.807) is 40.0 Å². The number of carbonyl (C=O) groups excluding carboxylic acids is 4. The third-order valence-corrected chi connectivity index (χ3v) is 10.6. The van der Waals surface area contributed by atoms with Gasteiger partial charge in [0, 0.05) is 29.9 Å². The number of aliphatic carboxylic acids is 1. The normalized spacial score (nSPS) is 19.9. The molecule has 0 aromatic carbocycles. The second-order valence-electron chi connectivity index (χ2n) is 16.2. The SMILES string of the molecule is CC[C@@H]1CC[C@@H](c2cn[nH]c2)C(C(=O)C(=O)Nc2cnc(N)c(C)c2)C1.CC[C@@H]1CC[C@@H](c2cn[nH]c2)NC1.Cc1cc(NC(=O)C(=O)O)cnc1NC(=O)OC(C)(C)C. The van der Waals surface area contributed by atoms with E-state index in [4.69, 9.17) is 15.6 Å². The summed E-state index contributed by atoms with van der Waals surface area (Å²) in [6.45, 7) is 14.2. The minimum absolute atomic E-state index is 0.0288. The van der Waals surface area contributed by atoms with Crippen molar-refractivity contribution in [2.75, 3.05) is 28.2 Å². The Hall–Kier alpha value is -6.17. The molecule has 5 heterocycles. The average Bonchev–Trinajstić information content (AvgIpc) is 3.96. The lowest BCUT2D eigenvalue weighted by molar-refractivity contribution is -0.147. The molecule has 1 unspecified atom stereocenters. The van der Waals surface area contributed by atoms with E-state index in [2.05, 4.69) is 65.5 Å². The highest BCUT2D eigenvalue weighted by Crippen LogP contribution is 2.42. The van der Waals surface area contributed by atoms with E-state index in [1.807, 2.05) is 25.5 Å². The molecule has 18 nitrogen and oxygen atoms in total. The lowest BCUT2D eigenvalue weighted by Gasteiger charge is -2.34. The Morgan fingerprint density at radius 3 is 1.93 bits per heavy atom. The molecule has 2 aliphatic rings. The zero-order chi connectivity index (χ0) is 44.0. The Bertz CT molecular complexity index is 2040. The molecular weight excluding hydrogens is 771 g/mol. The molecule has 4 aromatic heterocycles. The van der Waals surface area contributed by atoms with Gasteiger partial charge in [0.05, 0.1) is 36.2 Å². The number of piperidine rings is 1. The summed E-state index contributed by atoms with van der Waals surface area (Å²) in [7, 11) is 0. The van der Waals surface area contributed by atoms with Crippen LogP contribution >= 0.6 is 0 Å². The number of carbonyl (C=O) groups is 5. The maximum absolute atomic E-state index is 12.9. The number of carboxylic acids is 1. The first-order valence-electron chi connectivity index (χ1n) is 20.3. The number of aryl methyl sites for hydroxylation is 2. The highest BCUT2D eigenvalue weighted by molar-refractivity contribution is 6.41. The number of nitrogen functional groups attached to an aromatic ring is 1. The van der Waals surface area contributed by atoms with Gasteiger partial charge in [0.15, 0.2) is 0 Å². The van der Waals surface area contributed by atoms with Crippen LogP contribution in [-0.4, -0.2) is 77.3 Å². The van der Waals surface area contributed by atoms with Gasteiger partial charge >= 0.3 is 18.0 Å². The van der Waals surface area contributed by atoms with E-state index in [1.165, 1.54) is 43.3 Å². The maximum atomic E-state index is 12.9. The number of rotatable bonds is 9. The van der Waals surface area contributed by atoms with Crippen LogP contribution in [0.3, 0.4) is 0 Å². The van der Waals surface area contributed by atoms with Crippen molar-refractivity contribution in [2.24, 2.45) is 17.8 Å². The second-order valence-corrected chi connectivity index (χ2v) is 16.2. The Kier molecular flexibility index (Phi) is 16.8. The predicted molar refractivity (Wildman–Crippen MR) is 227 cm³/mol. The minimum Gasteiger partial charge on any atom is -0.474 e. The molecule has 60 heavy (non-hydrogen) atoms. The number of nitrogens with two attached hydrogens (primary N) is 1. The molecule has 1 saturated heterocycles. The Labute approximate surface area is 350 Å². The highest BCUT2D eigenvalue weighted by Gasteiger charge is 2.38. The standard InChI is InChI=1S/C19H25N5O2.C13H17N3O5.C10H17N3/c1-3-12-4-5-15(13-8-22-23-9-13)16(7-12)17(25)19(26)24-14-6-11(2)18(20)21-10-14;1-7-5-8(15-10(17)11(18)19)6-14-9(7)16-12(20)21-13(2,3)4;1-2-8-3-4-10(11-5-8)9-6-12-13-7-9/h6,8-10,12,15-16H,3-5,7H2,1-2H3,(H2,20,21)(H,22,23)(H,24,26);5-6H,1-4H3,(H,15,17)(H,18,19)(H,14,16,20);6-8,10-11H,2-5H2,1H3,(H,12,13)/t12-,15+,16?;;8-,10+/m1.1/s1. The van der Waals surface area contributed by atoms with Crippen LogP contribution in [-0.2, 0) is 23.9 Å². The number of hydrogen-bond acceptors (Lipinski definition) is 12. The van der Waals surface area contributed by atoms with Crippen LogP contribution in [0.2, 0.25) is 0 Å². The highest BCUT2D eigenvalue weighted by atomic mass is 16.6. The van der Waals surface area contributed by atoms with E-state index in [-0.39, 0.29) is 29.1 Å². The van der Waals surface area contributed by atoms with Crippen molar-refractivity contribution in [2.45, 2.75) is 111 Å². The van der Waals surface area contributed by atoms with Gasteiger partial charge in [-0.15, -0.1) is 0 Å². The summed E-state index contributed by atoms with van der Waals surface area (Å²) in [5.74, 6) is -1.99. The first kappa shape index (κ1) is 46.5. The molecule has 2 fully saturated rings. The summed E-state index contributed by atoms with van der Waals surface area (Å²) in [5, 5.41) is 33.0. The van der Waals surface area contributed by atoms with Gasteiger partial charge in [0.2, 0.25) is 5.78 Å². The number of aromatic amines is 2. The van der Waals surface area contributed by atoms with Crippen LogP contribution in [0.5, 0.6) is 0 Å². The zero-order valence-corrected chi connectivity index (χ0v) is 35.4. The van der Waals surface area contributed by atoms with Crippen molar-refractivity contribution in [1.29, 1.82) is 0 Å². The van der Waals surface area contributed by atoms with Crippen molar-refractivity contribution in [3.05, 3.63) is 71.6 Å². The minimum atomic E-state index is -1.59. The number of carboxylic acid groups (broad SMARTS) is 1. The van der Waals surface area contributed by atoms with Crippen LogP contribution < -0.4 is 27.0 Å². The fourth-order valence-electron chi connectivity index (χ4n) is 7.15. The molecule has 3 amide bonds. The summed E-state index contributed by atoms with van der Waals surface area (Å²) < 4.78 is 5.09. The Morgan fingerprint density at radius 1 is 0.800 bits per heavy atom. The van der Waals surface area contributed by atoms with Crippen LogP contribution in [0, 0.1) is 31.6 Å². The summed E-state index contributed by atoms with van der Waals surface area (Å²) in [5.41, 5.74) is 9.37. The third-order valence-electron chi connectivity index (χ3n) is 10.6. The summed E-state index contributed by atoms with van der Waals surface area (Å²) in [4.78, 5) is 66.5. The van der Waals surface area contributed by atoms with E-state index in [0.29, 0.717) is 29.0 Å². The number of Topliss-reactive ketones (excluding diaryl/α,β-unsaturated/α-hetero) is 1. The molecule has 1 aliphatic carbocycles. The number of pyridine rings is 2. The molecule has 0 radical (unpaired) electrons. The van der Waals surface area contributed by atoms with Crippen molar-refractivity contribution in [1.82, 2.24) is 35.7 Å². The molecular formula is C42H59N11O7. The van der Waals surface area contributed by atoms with Crippen LogP contribution in [0.25, 0.3) is 0 Å². The van der Waals surface area contributed by atoms with Gasteiger partial charge in [-0.25, -0.2) is 19.6 Å². The number of aromatic nitrogens is 6. The number of hydrogen-bond donors (Lipinski definition) is 8. The van der Waals surface area contributed by atoms with Gasteiger partial charge in [-0.2, -0.15) is 10.2 Å². The number of amides is 3. The van der Waals surface area contributed by atoms with E-state index < -0.39 is 29.5 Å². The third kappa shape index (κ3) is 14.0. The van der Waals surface area contributed by atoms with Gasteiger partial charge in [-0.05, 0) is 120 Å². The number of nitrogens with zero attached hydrogens (tertiary/aromatic N) is 4. The van der Waals surface area contributed by atoms with Crippen molar-refractivity contribution >= 4 is 52.7 Å². The first-order valence-corrected chi connectivity index (χ1v) is 20.3. The van der Waals surface area contributed by atoms with Crippen LogP contribution in [0.4, 0.5) is 27.8 Å². The van der Waals surface area contributed by atoms with Gasteiger partial charge in [0.1, 0.15) is 17.2 Å². The molecule has 5 atom stereocenters. The van der Waals surface area contributed by atoms with Crippen LogP contribution in [0.1, 0.15) is 114 Å². The van der Waals surface area contributed by atoms with Crippen molar-refractivity contribution in [3.8, 4) is 0 Å². The largest absolute Gasteiger partial charge is 0.474 e. The Balaban J connectivity index is 0.000000209. The van der Waals surface area contributed by atoms with Crippen LogP contribution in [0.15, 0.2) is 49.3 Å². The van der Waals surface area contributed by atoms with Gasteiger partial charge in [0.25, 0.3) is 5.91 Å². The predicted octanol–water partition coefficient (Wildman–Crippen LogP) is 6.43. The number of nitrogens with one attached hydrogen (secondary N) is 6.